The molecule has 10 nitrogen and oxygen atoms in total. The van der Waals surface area contributed by atoms with Gasteiger partial charge in [-0.1, -0.05) is 23.2 Å². The summed E-state index contributed by atoms with van der Waals surface area (Å²) in [5, 5.41) is 7.39. The smallest absolute Gasteiger partial charge is 0.373 e. The molecule has 0 atom stereocenters. The number of hydrogen-bond acceptors (Lipinski definition) is 6. The van der Waals surface area contributed by atoms with Crippen molar-refractivity contribution in [3.8, 4) is 0 Å². The minimum atomic E-state index is -5.70. The fourth-order valence-electron chi connectivity index (χ4n) is 2.33. The summed E-state index contributed by atoms with van der Waals surface area (Å²) in [6.45, 7) is 18.6. The molecule has 1 heterocycles. The Bertz CT molecular complexity index is 1110. The molecule has 0 unspecified atom stereocenters. The average Bonchev–Trinajstić information content (AvgIpc) is 3.09. The molecule has 14 heteroatoms. The first-order chi connectivity index (χ1) is 14.1. The van der Waals surface area contributed by atoms with Crippen molar-refractivity contribution in [3.63, 3.8) is 0 Å². The molecule has 0 radical (unpaired) electrons. The van der Waals surface area contributed by atoms with E-state index in [1.165, 1.54) is 16.9 Å². The molecule has 2 N–H and O–H groups in total. The number of aromatic amines is 1. The second kappa shape index (κ2) is 8.79. The van der Waals surface area contributed by atoms with Crippen molar-refractivity contribution in [1.82, 2.24) is 9.97 Å². The van der Waals surface area contributed by atoms with E-state index in [-0.39, 0.29) is 23.3 Å². The topological polar surface area (TPSA) is 112 Å². The number of benzene rings is 1. The van der Waals surface area contributed by atoms with Crippen LogP contribution in [0.2, 0.25) is 0 Å². The van der Waals surface area contributed by atoms with E-state index in [1.807, 2.05) is 13.8 Å². The Morgan fingerprint density at radius 3 is 2.37 bits per heavy atom. The van der Waals surface area contributed by atoms with Gasteiger partial charge in [-0.15, -0.1) is 5.11 Å². The maximum absolute atomic E-state index is 12.8. The molecular weight excluding hydrogens is 425 g/mol. The van der Waals surface area contributed by atoms with Crippen LogP contribution in [0.1, 0.15) is 13.8 Å². The van der Waals surface area contributed by atoms with Crippen LogP contribution in [0.5, 0.6) is 0 Å². The molecule has 0 spiro atoms. The largest absolute Gasteiger partial charge is 0.516 e. The van der Waals surface area contributed by atoms with Gasteiger partial charge in [0.25, 0.3) is 11.6 Å². The second-order valence-electron chi connectivity index (χ2n) is 5.58. The van der Waals surface area contributed by atoms with Gasteiger partial charge in [0.1, 0.15) is 5.69 Å². The summed E-state index contributed by atoms with van der Waals surface area (Å²) in [4.78, 5) is 14.0. The van der Waals surface area contributed by atoms with Gasteiger partial charge in [-0.3, -0.25) is 9.71 Å². The van der Waals surface area contributed by atoms with Gasteiger partial charge in [0.15, 0.2) is 0 Å². The molecule has 1 aromatic heterocycles. The van der Waals surface area contributed by atoms with Crippen LogP contribution in [-0.4, -0.2) is 37.0 Å². The number of halogens is 3. The summed E-state index contributed by atoms with van der Waals surface area (Å²) in [6.07, 6.45) is 0. The maximum atomic E-state index is 12.8. The first kappa shape index (κ1) is 22.6. The number of H-pyrrole nitrogens is 1. The minimum absolute atomic E-state index is 0.172. The molecule has 0 bridgehead atoms. The molecule has 2 aromatic rings. The predicted molar refractivity (Wildman–Crippen MR) is 104 cm³/mol. The standard InChI is InChI=1S/C16H15F3N8O2S/c1-5-27(6-2)10-7-8-11(12(9-10)26-30(28,29)16(17,18)19)24-25-15-22-13(20-3)14(21-4)23-15/h7-9,26H,5-6H2,1-2H3,(H,22,23). The summed E-state index contributed by atoms with van der Waals surface area (Å²) in [5.41, 5.74) is -5.71. The summed E-state index contributed by atoms with van der Waals surface area (Å²) < 4.78 is 63.2. The normalized spacial score (nSPS) is 11.8. The fourth-order valence-corrected chi connectivity index (χ4v) is 2.90. The van der Waals surface area contributed by atoms with E-state index in [0.29, 0.717) is 18.8 Å². The van der Waals surface area contributed by atoms with E-state index in [9.17, 15) is 21.6 Å². The number of alkyl halides is 3. The van der Waals surface area contributed by atoms with Crippen molar-refractivity contribution in [2.45, 2.75) is 19.4 Å². The van der Waals surface area contributed by atoms with Crippen molar-refractivity contribution < 1.29 is 21.6 Å². The van der Waals surface area contributed by atoms with Gasteiger partial charge in [-0.05, 0) is 32.0 Å². The van der Waals surface area contributed by atoms with Crippen LogP contribution in [0.15, 0.2) is 28.4 Å². The Kier molecular flexibility index (Phi) is 6.63. The van der Waals surface area contributed by atoms with E-state index in [0.717, 1.165) is 0 Å². The molecule has 30 heavy (non-hydrogen) atoms. The zero-order valence-corrected chi connectivity index (χ0v) is 16.5. The minimum Gasteiger partial charge on any atom is -0.373 e. The van der Waals surface area contributed by atoms with Crippen molar-refractivity contribution in [2.24, 2.45) is 10.2 Å². The number of sulfonamides is 1. The summed E-state index contributed by atoms with van der Waals surface area (Å²) in [6, 6.07) is 4.05. The average molecular weight is 440 g/mol. The van der Waals surface area contributed by atoms with Crippen LogP contribution in [0.4, 0.5) is 47.8 Å². The third-order valence-electron chi connectivity index (χ3n) is 3.78. The summed E-state index contributed by atoms with van der Waals surface area (Å²) >= 11 is 0. The number of hydrogen-bond donors (Lipinski definition) is 2. The van der Waals surface area contributed by atoms with Crippen molar-refractivity contribution in [2.75, 3.05) is 22.7 Å². The second-order valence-corrected chi connectivity index (χ2v) is 7.26. The number of imidazole rings is 1. The highest BCUT2D eigenvalue weighted by Gasteiger charge is 2.46. The van der Waals surface area contributed by atoms with E-state index >= 15 is 0 Å². The molecule has 0 aliphatic heterocycles. The molecule has 1 aromatic carbocycles. The van der Waals surface area contributed by atoms with Gasteiger partial charge in [-0.25, -0.2) is 0 Å². The Hall–Kier alpha value is -3.65. The van der Waals surface area contributed by atoms with Gasteiger partial charge in [0.05, 0.1) is 5.69 Å². The SMILES string of the molecule is [C-]#[N+]c1nc(N=Nc2ccc(N(CC)CC)cc2NS(=O)(=O)C(F)(F)F)[nH]c1[N+]#[C-]. The van der Waals surface area contributed by atoms with Crippen LogP contribution >= 0.6 is 0 Å². The highest BCUT2D eigenvalue weighted by molar-refractivity contribution is 7.93. The Morgan fingerprint density at radius 1 is 1.20 bits per heavy atom. The van der Waals surface area contributed by atoms with Crippen LogP contribution in [0, 0.1) is 13.1 Å². The third kappa shape index (κ3) is 4.84. The number of anilines is 2. The van der Waals surface area contributed by atoms with Gasteiger partial charge in [-0.2, -0.15) is 21.6 Å². The van der Waals surface area contributed by atoms with Gasteiger partial charge < -0.3 is 14.6 Å². The Balaban J connectivity index is 2.51. The molecule has 0 saturated carbocycles. The van der Waals surface area contributed by atoms with E-state index in [1.54, 1.807) is 11.0 Å². The lowest BCUT2D eigenvalue weighted by Gasteiger charge is -2.22. The van der Waals surface area contributed by atoms with E-state index in [4.69, 9.17) is 13.1 Å². The lowest BCUT2D eigenvalue weighted by molar-refractivity contribution is -0.0429. The Labute approximate surface area is 170 Å². The molecule has 0 saturated heterocycles. The summed E-state index contributed by atoms with van der Waals surface area (Å²) in [7, 11) is -5.70. The van der Waals surface area contributed by atoms with Crippen LogP contribution in [-0.2, 0) is 10.0 Å². The lowest BCUT2D eigenvalue weighted by atomic mass is 10.2. The first-order valence-electron chi connectivity index (χ1n) is 8.31. The van der Waals surface area contributed by atoms with E-state index in [2.05, 4.69) is 29.9 Å². The number of nitrogens with one attached hydrogen (secondary N) is 2. The predicted octanol–water partition coefficient (Wildman–Crippen LogP) is 5.03. The molecule has 0 amide bonds. The molecule has 158 valence electrons. The molecule has 0 aliphatic rings. The Morgan fingerprint density at radius 2 is 1.87 bits per heavy atom. The molecule has 0 fully saturated rings. The maximum Gasteiger partial charge on any atom is 0.516 e. The quantitative estimate of drug-likeness (QED) is 0.464. The first-order valence-corrected chi connectivity index (χ1v) is 9.79. The fraction of sp³-hybridized carbons (Fsp3) is 0.312. The number of aromatic nitrogens is 2. The highest BCUT2D eigenvalue weighted by Crippen LogP contribution is 2.35. The number of azo groups is 1. The van der Waals surface area contributed by atoms with Crippen molar-refractivity contribution in [3.05, 3.63) is 41.0 Å². The van der Waals surface area contributed by atoms with Crippen molar-refractivity contribution in [1.29, 1.82) is 0 Å². The number of rotatable bonds is 7. The van der Waals surface area contributed by atoms with Gasteiger partial charge >= 0.3 is 21.5 Å². The molecule has 2 rings (SSSR count). The number of nitrogens with zero attached hydrogens (tertiary/aromatic N) is 6. The monoisotopic (exact) mass is 440 g/mol. The van der Waals surface area contributed by atoms with Crippen molar-refractivity contribution >= 4 is 44.7 Å². The highest BCUT2D eigenvalue weighted by atomic mass is 32.2. The summed E-state index contributed by atoms with van der Waals surface area (Å²) in [5.74, 6) is -0.646. The lowest BCUT2D eigenvalue weighted by Crippen LogP contribution is -2.30. The molecular formula is C16H15F3N8O2S. The van der Waals surface area contributed by atoms with Crippen LogP contribution < -0.4 is 9.62 Å². The van der Waals surface area contributed by atoms with Gasteiger partial charge in [0, 0.05) is 18.8 Å². The zero-order valence-electron chi connectivity index (χ0n) is 15.7. The van der Waals surface area contributed by atoms with Crippen LogP contribution in [0.25, 0.3) is 9.69 Å². The zero-order chi connectivity index (χ0) is 22.5. The third-order valence-corrected chi connectivity index (χ3v) is 4.88. The van der Waals surface area contributed by atoms with Gasteiger partial charge in [0.2, 0.25) is 0 Å². The van der Waals surface area contributed by atoms with E-state index < -0.39 is 21.2 Å². The van der Waals surface area contributed by atoms with Crippen LogP contribution in [0.3, 0.4) is 0 Å². The molecule has 0 aliphatic carbocycles.